The zero-order valence-electron chi connectivity index (χ0n) is 21.1. The van der Waals surface area contributed by atoms with Crippen molar-refractivity contribution >= 4 is 23.1 Å². The molecule has 1 heterocycles. The van der Waals surface area contributed by atoms with Gasteiger partial charge in [-0.15, -0.1) is 0 Å². The van der Waals surface area contributed by atoms with Crippen LogP contribution in [0.2, 0.25) is 0 Å². The fourth-order valence-electron chi connectivity index (χ4n) is 4.94. The molecule has 2 unspecified atom stereocenters. The van der Waals surface area contributed by atoms with Gasteiger partial charge in [0.05, 0.1) is 6.04 Å². The molecule has 0 radical (unpaired) electrons. The van der Waals surface area contributed by atoms with Crippen LogP contribution >= 0.6 is 0 Å². The third-order valence-electron chi connectivity index (χ3n) is 6.52. The molecule has 3 aliphatic rings. The maximum Gasteiger partial charge on any atom is 0.344 e. The number of carbonyl (C=O) groups excluding carboxylic acids is 3. The Labute approximate surface area is 216 Å². The van der Waals surface area contributed by atoms with Crippen LogP contribution in [-0.4, -0.2) is 35.8 Å². The second kappa shape index (κ2) is 9.69. The lowest BCUT2D eigenvalue weighted by Crippen LogP contribution is -2.28. The van der Waals surface area contributed by atoms with E-state index in [0.717, 1.165) is 22.3 Å². The number of esters is 1. The summed E-state index contributed by atoms with van der Waals surface area (Å²) in [5.74, 6) is -0.801. The van der Waals surface area contributed by atoms with Crippen LogP contribution in [0.3, 0.4) is 0 Å². The van der Waals surface area contributed by atoms with Crippen LogP contribution in [0, 0.1) is 5.92 Å². The van der Waals surface area contributed by atoms with Gasteiger partial charge in [-0.1, -0.05) is 60.7 Å². The van der Waals surface area contributed by atoms with Crippen molar-refractivity contribution in [1.82, 2.24) is 5.32 Å². The molecule has 37 heavy (non-hydrogen) atoms. The van der Waals surface area contributed by atoms with E-state index in [-0.39, 0.29) is 18.6 Å². The Morgan fingerprint density at radius 1 is 0.919 bits per heavy atom. The number of hydrogen-bond donors (Lipinski definition) is 1. The van der Waals surface area contributed by atoms with E-state index in [1.807, 2.05) is 42.6 Å². The van der Waals surface area contributed by atoms with Gasteiger partial charge in [-0.25, -0.2) is 4.79 Å². The van der Waals surface area contributed by atoms with E-state index in [2.05, 4.69) is 17.5 Å². The van der Waals surface area contributed by atoms with E-state index in [0.29, 0.717) is 23.3 Å². The highest BCUT2D eigenvalue weighted by Crippen LogP contribution is 2.42. The molecule has 2 atom stereocenters. The van der Waals surface area contributed by atoms with Crippen LogP contribution in [0.5, 0.6) is 5.75 Å². The number of rotatable bonds is 6. The molecule has 188 valence electrons. The minimum atomic E-state index is -0.577. The molecule has 0 bridgehead atoms. The van der Waals surface area contributed by atoms with Crippen molar-refractivity contribution in [3.8, 4) is 5.75 Å². The van der Waals surface area contributed by atoms with Gasteiger partial charge in [0.15, 0.2) is 6.61 Å². The first kappa shape index (κ1) is 24.5. The van der Waals surface area contributed by atoms with Crippen molar-refractivity contribution in [3.63, 3.8) is 0 Å². The molecule has 2 aromatic rings. The minimum Gasteiger partial charge on any atom is -0.482 e. The average Bonchev–Trinajstić information content (AvgIpc) is 3.30. The van der Waals surface area contributed by atoms with Gasteiger partial charge in [0.25, 0.3) is 0 Å². The predicted molar refractivity (Wildman–Crippen MR) is 141 cm³/mol. The summed E-state index contributed by atoms with van der Waals surface area (Å²) in [5.41, 5.74) is 3.83. The summed E-state index contributed by atoms with van der Waals surface area (Å²) >= 11 is 0. The van der Waals surface area contributed by atoms with E-state index in [1.165, 1.54) is 0 Å². The maximum atomic E-state index is 13.4. The van der Waals surface area contributed by atoms with Gasteiger partial charge in [-0.3, -0.25) is 9.59 Å². The number of carbonyl (C=O) groups is 3. The molecular formula is C31H29NO5. The summed E-state index contributed by atoms with van der Waals surface area (Å²) in [6.07, 6.45) is 10.5. The standard InChI is InChI=1S/C31H29NO5/c1-31(2,3)37-27(33)18-36-20-14-12-19(13-15-20)16-24-28(25-17-32-26-11-7-6-8-21(25)26)22-9-4-5-10-23(22)29(34)30(24)35/h4-15,17,21,26,32H,16,18H2,1-3H3. The van der Waals surface area contributed by atoms with E-state index in [1.54, 1.807) is 45.0 Å². The first-order valence-corrected chi connectivity index (χ1v) is 12.4. The Morgan fingerprint density at radius 3 is 2.35 bits per heavy atom. The van der Waals surface area contributed by atoms with E-state index in [4.69, 9.17) is 9.47 Å². The molecule has 0 aromatic heterocycles. The van der Waals surface area contributed by atoms with Gasteiger partial charge in [0, 0.05) is 29.7 Å². The number of hydrogen-bond acceptors (Lipinski definition) is 6. The second-order valence-corrected chi connectivity index (χ2v) is 10.3. The Balaban J connectivity index is 1.44. The van der Waals surface area contributed by atoms with Crippen molar-refractivity contribution in [2.45, 2.75) is 38.8 Å². The molecule has 1 aliphatic heterocycles. The molecule has 0 amide bonds. The summed E-state index contributed by atoms with van der Waals surface area (Å²) in [6.45, 7) is 5.22. The topological polar surface area (TPSA) is 81.7 Å². The minimum absolute atomic E-state index is 0.0766. The number of ether oxygens (including phenoxy) is 2. The molecule has 0 spiro atoms. The predicted octanol–water partition coefficient (Wildman–Crippen LogP) is 4.77. The third-order valence-corrected chi connectivity index (χ3v) is 6.52. The highest BCUT2D eigenvalue weighted by atomic mass is 16.6. The lowest BCUT2D eigenvalue weighted by atomic mass is 9.75. The molecule has 6 nitrogen and oxygen atoms in total. The summed E-state index contributed by atoms with van der Waals surface area (Å²) in [5, 5.41) is 3.41. The van der Waals surface area contributed by atoms with Crippen molar-refractivity contribution in [2.24, 2.45) is 5.92 Å². The number of ketones is 2. The van der Waals surface area contributed by atoms with Gasteiger partial charge >= 0.3 is 5.97 Å². The summed E-state index contributed by atoms with van der Waals surface area (Å²) < 4.78 is 10.8. The van der Waals surface area contributed by atoms with E-state index >= 15 is 0 Å². The first-order valence-electron chi connectivity index (χ1n) is 12.4. The van der Waals surface area contributed by atoms with Crippen LogP contribution in [0.1, 0.15) is 42.3 Å². The normalized spacial score (nSPS) is 20.2. The molecule has 2 aliphatic carbocycles. The molecule has 0 saturated heterocycles. The number of nitrogens with one attached hydrogen (secondary N) is 1. The van der Waals surface area contributed by atoms with Gasteiger partial charge in [0.2, 0.25) is 11.6 Å². The van der Waals surface area contributed by atoms with Crippen molar-refractivity contribution < 1.29 is 23.9 Å². The highest BCUT2D eigenvalue weighted by Gasteiger charge is 2.38. The lowest BCUT2D eigenvalue weighted by molar-refractivity contribution is -0.157. The zero-order chi connectivity index (χ0) is 26.2. The molecule has 1 N–H and O–H groups in total. The monoisotopic (exact) mass is 495 g/mol. The second-order valence-electron chi connectivity index (χ2n) is 10.3. The number of fused-ring (bicyclic) bond motifs is 2. The van der Waals surface area contributed by atoms with Crippen molar-refractivity contribution in [1.29, 1.82) is 0 Å². The molecule has 2 aromatic carbocycles. The average molecular weight is 496 g/mol. The van der Waals surface area contributed by atoms with Crippen LogP contribution in [-0.2, 0) is 20.7 Å². The molecule has 0 fully saturated rings. The summed E-state index contributed by atoms with van der Waals surface area (Å²) in [7, 11) is 0. The first-order chi connectivity index (χ1) is 17.7. The Kier molecular flexibility index (Phi) is 6.42. The van der Waals surface area contributed by atoms with Crippen LogP contribution < -0.4 is 10.1 Å². The summed E-state index contributed by atoms with van der Waals surface area (Å²) in [4.78, 5) is 38.4. The molecular weight excluding hydrogens is 466 g/mol. The quantitative estimate of drug-likeness (QED) is 0.459. The highest BCUT2D eigenvalue weighted by molar-refractivity contribution is 6.53. The molecule has 5 rings (SSSR count). The fraction of sp³-hybridized carbons (Fsp3) is 0.258. The zero-order valence-corrected chi connectivity index (χ0v) is 21.1. The summed E-state index contributed by atoms with van der Waals surface area (Å²) in [6, 6.07) is 14.6. The molecule has 0 saturated carbocycles. The van der Waals surface area contributed by atoms with Crippen molar-refractivity contribution in [3.05, 3.63) is 107 Å². The van der Waals surface area contributed by atoms with Gasteiger partial charge < -0.3 is 14.8 Å². The third kappa shape index (κ3) is 5.05. The van der Waals surface area contributed by atoms with Gasteiger partial charge in [0.1, 0.15) is 11.4 Å². The van der Waals surface area contributed by atoms with Crippen molar-refractivity contribution in [2.75, 3.05) is 6.61 Å². The number of Topliss-reactive ketones (excluding diaryl/α,β-unsaturated/α-hetero) is 2. The molecule has 6 heteroatoms. The lowest BCUT2D eigenvalue weighted by Gasteiger charge is -2.26. The SMILES string of the molecule is CC(C)(C)OC(=O)COc1ccc(CC2=C(C3=CNC4C=CC=CC34)c3ccccc3C(=O)C2=O)cc1. The number of allylic oxidation sites excluding steroid dienone is 4. The Morgan fingerprint density at radius 2 is 1.62 bits per heavy atom. The van der Waals surface area contributed by atoms with Crippen LogP contribution in [0.15, 0.2) is 90.2 Å². The number of benzene rings is 2. The van der Waals surface area contributed by atoms with Gasteiger partial charge in [-0.05, 0) is 55.2 Å². The van der Waals surface area contributed by atoms with Crippen LogP contribution in [0.25, 0.3) is 5.57 Å². The fourth-order valence-corrected chi connectivity index (χ4v) is 4.94. The van der Waals surface area contributed by atoms with E-state index in [9.17, 15) is 14.4 Å². The van der Waals surface area contributed by atoms with Gasteiger partial charge in [-0.2, -0.15) is 0 Å². The largest absolute Gasteiger partial charge is 0.482 e. The Bertz CT molecular complexity index is 1390. The maximum absolute atomic E-state index is 13.4. The Hall–Kier alpha value is -4.19. The smallest absolute Gasteiger partial charge is 0.344 e. The van der Waals surface area contributed by atoms with Crippen LogP contribution in [0.4, 0.5) is 0 Å². The van der Waals surface area contributed by atoms with E-state index < -0.39 is 23.1 Å².